The average Bonchev–Trinajstić information content (AvgIpc) is 1.94. The normalized spacial score (nSPS) is 9.64. The molecule has 4 nitrogen and oxygen atoms in total. The van der Waals surface area contributed by atoms with Crippen LogP contribution < -0.4 is 0 Å². The van der Waals surface area contributed by atoms with E-state index in [1.807, 2.05) is 0 Å². The lowest BCUT2D eigenvalue weighted by molar-refractivity contribution is -0.386. The minimum atomic E-state index is -0.737. The van der Waals surface area contributed by atoms with Gasteiger partial charge in [-0.3, -0.25) is 15.1 Å². The molecule has 11 heavy (non-hydrogen) atoms. The van der Waals surface area contributed by atoms with Gasteiger partial charge in [-0.1, -0.05) is 0 Å². The molecule has 1 aromatic rings. The Labute approximate surface area is 69.3 Å². The van der Waals surface area contributed by atoms with Gasteiger partial charge in [0.15, 0.2) is 5.82 Å². The predicted molar refractivity (Wildman–Crippen MR) is 38.5 cm³/mol. The quantitative estimate of drug-likeness (QED) is 0.537. The fourth-order valence-electron chi connectivity index (χ4n) is 0.536. The third-order valence-electron chi connectivity index (χ3n) is 1.02. The van der Waals surface area contributed by atoms with Crippen LogP contribution in [0.4, 0.5) is 10.1 Å². The zero-order valence-corrected chi connectivity index (χ0v) is 6.71. The van der Waals surface area contributed by atoms with Crippen molar-refractivity contribution in [1.82, 2.24) is 4.98 Å². The van der Waals surface area contributed by atoms with Gasteiger partial charge < -0.3 is 0 Å². The molecule has 0 amide bonds. The van der Waals surface area contributed by atoms with Crippen LogP contribution in [0.2, 0.25) is 0 Å². The number of aromatic nitrogens is 1. The minimum Gasteiger partial charge on any atom is -0.258 e. The van der Waals surface area contributed by atoms with Gasteiger partial charge in [0, 0.05) is 0 Å². The second kappa shape index (κ2) is 2.91. The summed E-state index contributed by atoms with van der Waals surface area (Å²) in [6, 6.07) is 0. The zero-order chi connectivity index (χ0) is 8.43. The third kappa shape index (κ3) is 1.51. The van der Waals surface area contributed by atoms with Crippen LogP contribution in [0.3, 0.4) is 0 Å². The van der Waals surface area contributed by atoms with E-state index in [4.69, 9.17) is 0 Å². The maximum Gasteiger partial charge on any atom is 0.304 e. The summed E-state index contributed by atoms with van der Waals surface area (Å²) in [7, 11) is 0. The molecule has 1 rings (SSSR count). The van der Waals surface area contributed by atoms with E-state index >= 15 is 0 Å². The third-order valence-corrected chi connectivity index (χ3v) is 1.80. The summed E-state index contributed by atoms with van der Waals surface area (Å²) in [5.74, 6) is -0.737. The number of pyridine rings is 1. The molecule has 1 aromatic heterocycles. The van der Waals surface area contributed by atoms with Gasteiger partial charge in [0.2, 0.25) is 0 Å². The van der Waals surface area contributed by atoms with Crippen molar-refractivity contribution in [3.63, 3.8) is 0 Å². The molecule has 0 fully saturated rings. The van der Waals surface area contributed by atoms with Gasteiger partial charge in [-0.15, -0.1) is 0 Å². The minimum absolute atomic E-state index is 0.169. The molecule has 0 saturated carbocycles. The first-order valence-electron chi connectivity index (χ1n) is 2.56. The number of hydrogen-bond acceptors (Lipinski definition) is 3. The Morgan fingerprint density at radius 3 is 2.73 bits per heavy atom. The second-order valence-electron chi connectivity index (χ2n) is 1.71. The number of halogens is 2. The van der Waals surface area contributed by atoms with E-state index in [1.54, 1.807) is 0 Å². The van der Waals surface area contributed by atoms with Crippen LogP contribution in [0, 0.1) is 15.9 Å². The average molecular weight is 221 g/mol. The van der Waals surface area contributed by atoms with Gasteiger partial charge in [-0.25, -0.2) is 4.39 Å². The summed E-state index contributed by atoms with van der Waals surface area (Å²) in [6.45, 7) is 0. The highest BCUT2D eigenvalue weighted by Crippen LogP contribution is 2.25. The van der Waals surface area contributed by atoms with Crippen molar-refractivity contribution < 1.29 is 9.31 Å². The van der Waals surface area contributed by atoms with Crippen LogP contribution in [0.5, 0.6) is 0 Å². The van der Waals surface area contributed by atoms with E-state index in [2.05, 4.69) is 20.9 Å². The Kier molecular flexibility index (Phi) is 2.13. The standard InChI is InChI=1S/C5H2BrFN2O2/c6-5-3(7)1-8-2-4(5)9(10)11/h1-2H. The molecule has 0 unspecified atom stereocenters. The monoisotopic (exact) mass is 220 g/mol. The van der Waals surface area contributed by atoms with Crippen LogP contribution in [0.15, 0.2) is 16.9 Å². The van der Waals surface area contributed by atoms with Crippen LogP contribution in [0.1, 0.15) is 0 Å². The van der Waals surface area contributed by atoms with Crippen LogP contribution in [-0.2, 0) is 0 Å². The number of rotatable bonds is 1. The molecule has 1 heterocycles. The first-order valence-corrected chi connectivity index (χ1v) is 3.35. The van der Waals surface area contributed by atoms with Crippen molar-refractivity contribution in [1.29, 1.82) is 0 Å². The van der Waals surface area contributed by atoms with Gasteiger partial charge in [-0.2, -0.15) is 0 Å². The molecule has 6 heteroatoms. The number of hydrogen-bond donors (Lipinski definition) is 0. The van der Waals surface area contributed by atoms with E-state index < -0.39 is 10.7 Å². The van der Waals surface area contributed by atoms with Crippen LogP contribution in [-0.4, -0.2) is 9.91 Å². The van der Waals surface area contributed by atoms with Crippen molar-refractivity contribution in [2.45, 2.75) is 0 Å². The zero-order valence-electron chi connectivity index (χ0n) is 5.12. The summed E-state index contributed by atoms with van der Waals surface area (Å²) in [5.41, 5.74) is -0.370. The molecule has 58 valence electrons. The predicted octanol–water partition coefficient (Wildman–Crippen LogP) is 1.89. The Morgan fingerprint density at radius 1 is 1.64 bits per heavy atom. The second-order valence-corrected chi connectivity index (χ2v) is 2.50. The fraction of sp³-hybridized carbons (Fsp3) is 0. The lowest BCUT2D eigenvalue weighted by Crippen LogP contribution is -1.92. The molecule has 0 aliphatic heterocycles. The molecule has 0 atom stereocenters. The maximum atomic E-state index is 12.5. The van der Waals surface area contributed by atoms with Gasteiger partial charge in [0.05, 0.1) is 11.1 Å². The van der Waals surface area contributed by atoms with Crippen LogP contribution >= 0.6 is 15.9 Å². The van der Waals surface area contributed by atoms with Crippen molar-refractivity contribution in [2.24, 2.45) is 0 Å². The van der Waals surface area contributed by atoms with E-state index in [1.165, 1.54) is 0 Å². The largest absolute Gasteiger partial charge is 0.304 e. The number of nitrogens with zero attached hydrogens (tertiary/aromatic N) is 2. The fourth-order valence-corrected chi connectivity index (χ4v) is 0.886. The van der Waals surface area contributed by atoms with Gasteiger partial charge in [-0.05, 0) is 15.9 Å². The van der Waals surface area contributed by atoms with E-state index in [0.717, 1.165) is 12.4 Å². The van der Waals surface area contributed by atoms with Gasteiger partial charge >= 0.3 is 5.69 Å². The van der Waals surface area contributed by atoms with Gasteiger partial charge in [0.1, 0.15) is 10.7 Å². The molecular formula is C5H2BrFN2O2. The molecule has 0 aliphatic carbocycles. The Morgan fingerprint density at radius 2 is 2.27 bits per heavy atom. The van der Waals surface area contributed by atoms with Crippen molar-refractivity contribution in [2.75, 3.05) is 0 Å². The molecule has 0 N–H and O–H groups in total. The van der Waals surface area contributed by atoms with Gasteiger partial charge in [0.25, 0.3) is 0 Å². The Bertz CT molecular complexity index is 305. The van der Waals surface area contributed by atoms with Crippen LogP contribution in [0.25, 0.3) is 0 Å². The molecule has 0 radical (unpaired) electrons. The summed E-state index contributed by atoms with van der Waals surface area (Å²) < 4.78 is 12.4. The first kappa shape index (κ1) is 8.06. The summed E-state index contributed by atoms with van der Waals surface area (Å²) in [5, 5.41) is 10.1. The molecule has 0 bridgehead atoms. The summed E-state index contributed by atoms with van der Waals surface area (Å²) in [4.78, 5) is 12.8. The Balaban J connectivity index is 3.27. The molecule has 0 saturated heterocycles. The summed E-state index contributed by atoms with van der Waals surface area (Å²) >= 11 is 2.72. The number of nitro groups is 1. The SMILES string of the molecule is O=[N+]([O-])c1cncc(F)c1Br. The summed E-state index contributed by atoms with van der Waals surface area (Å²) in [6.07, 6.45) is 1.88. The van der Waals surface area contributed by atoms with Crippen molar-refractivity contribution in [3.05, 3.63) is 32.8 Å². The van der Waals surface area contributed by atoms with Crippen molar-refractivity contribution >= 4 is 21.6 Å². The molecule has 0 aromatic carbocycles. The molecule has 0 aliphatic rings. The van der Waals surface area contributed by atoms with E-state index in [9.17, 15) is 14.5 Å². The van der Waals surface area contributed by atoms with Crippen molar-refractivity contribution in [3.8, 4) is 0 Å². The van der Waals surface area contributed by atoms with E-state index in [-0.39, 0.29) is 10.2 Å². The molecular weight excluding hydrogens is 219 g/mol. The Hall–Kier alpha value is -1.04. The lowest BCUT2D eigenvalue weighted by atomic mass is 10.4. The smallest absolute Gasteiger partial charge is 0.258 e. The first-order chi connectivity index (χ1) is 5.13. The van der Waals surface area contributed by atoms with E-state index in [0.29, 0.717) is 0 Å². The lowest BCUT2D eigenvalue weighted by Gasteiger charge is -1.93. The highest BCUT2D eigenvalue weighted by atomic mass is 79.9. The highest BCUT2D eigenvalue weighted by molar-refractivity contribution is 9.10. The topological polar surface area (TPSA) is 56.0 Å². The maximum absolute atomic E-state index is 12.5. The molecule has 0 spiro atoms. The highest BCUT2D eigenvalue weighted by Gasteiger charge is 2.15.